The van der Waals surface area contributed by atoms with Crippen LogP contribution in [0.25, 0.3) is 0 Å². The maximum Gasteiger partial charge on any atom is 0.0217 e. The molecule has 1 aliphatic carbocycles. The van der Waals surface area contributed by atoms with Gasteiger partial charge in [0, 0.05) is 12.0 Å². The Morgan fingerprint density at radius 1 is 1.42 bits per heavy atom. The van der Waals surface area contributed by atoms with Crippen LogP contribution < -0.4 is 5.32 Å². The summed E-state index contributed by atoms with van der Waals surface area (Å²) in [5.41, 5.74) is 0. The topological polar surface area (TPSA) is 12.0 Å². The lowest BCUT2D eigenvalue weighted by Crippen LogP contribution is -2.34. The summed E-state index contributed by atoms with van der Waals surface area (Å²) in [6, 6.07) is 0.657. The van der Waals surface area contributed by atoms with Gasteiger partial charge in [-0.05, 0) is 32.2 Å². The van der Waals surface area contributed by atoms with Crippen molar-refractivity contribution in [2.75, 3.05) is 7.05 Å². The summed E-state index contributed by atoms with van der Waals surface area (Å²) in [6.07, 6.45) is 10.5. The number of hydrogen-bond acceptors (Lipinski definition) is 1. The third-order valence-electron chi connectivity index (χ3n) is 3.03. The van der Waals surface area contributed by atoms with E-state index in [0.717, 1.165) is 5.92 Å². The van der Waals surface area contributed by atoms with Gasteiger partial charge in [0.2, 0.25) is 0 Å². The smallest absolute Gasteiger partial charge is 0.0217 e. The van der Waals surface area contributed by atoms with Crippen LogP contribution in [0.4, 0.5) is 0 Å². The van der Waals surface area contributed by atoms with E-state index >= 15 is 0 Å². The van der Waals surface area contributed by atoms with Gasteiger partial charge in [-0.1, -0.05) is 13.3 Å². The van der Waals surface area contributed by atoms with Gasteiger partial charge in [-0.2, -0.15) is 0 Å². The fourth-order valence-corrected chi connectivity index (χ4v) is 2.14. The highest BCUT2D eigenvalue weighted by Gasteiger charge is 2.25. The normalized spacial score (nSPS) is 35.9. The molecule has 1 heteroatoms. The van der Waals surface area contributed by atoms with Crippen LogP contribution in [0.1, 0.15) is 32.6 Å². The van der Waals surface area contributed by atoms with E-state index in [2.05, 4.69) is 18.2 Å². The molecule has 0 aromatic rings. The van der Waals surface area contributed by atoms with Gasteiger partial charge in [0.15, 0.2) is 0 Å². The molecule has 0 aromatic carbocycles. The van der Waals surface area contributed by atoms with Gasteiger partial charge in [0.25, 0.3) is 0 Å². The molecule has 1 fully saturated rings. The Bertz CT molecular complexity index is 156. The van der Waals surface area contributed by atoms with Crippen LogP contribution in [0, 0.1) is 24.2 Å². The third-order valence-corrected chi connectivity index (χ3v) is 3.03. The van der Waals surface area contributed by atoms with Crippen LogP contribution in [-0.4, -0.2) is 13.1 Å². The molecule has 0 amide bonds. The minimum atomic E-state index is 0.515. The van der Waals surface area contributed by atoms with E-state index < -0.39 is 0 Å². The molecule has 0 spiro atoms. The Kier molecular flexibility index (Phi) is 3.62. The quantitative estimate of drug-likeness (QED) is 0.617. The zero-order valence-electron chi connectivity index (χ0n) is 8.14. The zero-order chi connectivity index (χ0) is 8.97. The molecule has 0 aliphatic heterocycles. The average Bonchev–Trinajstić information content (AvgIpc) is 2.16. The summed E-state index contributed by atoms with van der Waals surface area (Å²) in [5, 5.41) is 3.34. The molecule has 0 saturated heterocycles. The van der Waals surface area contributed by atoms with Gasteiger partial charge in [0.1, 0.15) is 0 Å². The molecule has 0 aromatic heterocycles. The van der Waals surface area contributed by atoms with E-state index in [1.807, 2.05) is 7.05 Å². The summed E-state index contributed by atoms with van der Waals surface area (Å²) >= 11 is 0. The molecule has 0 bridgehead atoms. The SMILES string of the molecule is C#C[C@H]1CC(CC)CC(NC)C1. The van der Waals surface area contributed by atoms with E-state index in [-0.39, 0.29) is 0 Å². The van der Waals surface area contributed by atoms with E-state index in [1.54, 1.807) is 0 Å². The lowest BCUT2D eigenvalue weighted by atomic mass is 9.78. The molecule has 1 rings (SSSR count). The van der Waals surface area contributed by atoms with Crippen molar-refractivity contribution in [3.05, 3.63) is 0 Å². The van der Waals surface area contributed by atoms with Crippen molar-refractivity contribution in [2.24, 2.45) is 11.8 Å². The molecule has 68 valence electrons. The fraction of sp³-hybridized carbons (Fsp3) is 0.818. The van der Waals surface area contributed by atoms with Crippen LogP contribution in [-0.2, 0) is 0 Å². The second-order valence-electron chi connectivity index (χ2n) is 3.83. The van der Waals surface area contributed by atoms with Crippen LogP contribution in [0.15, 0.2) is 0 Å². The molecule has 3 atom stereocenters. The summed E-state index contributed by atoms with van der Waals surface area (Å²) < 4.78 is 0. The summed E-state index contributed by atoms with van der Waals surface area (Å²) in [5.74, 6) is 4.25. The minimum Gasteiger partial charge on any atom is -0.317 e. The first-order valence-electron chi connectivity index (χ1n) is 4.93. The van der Waals surface area contributed by atoms with E-state index in [4.69, 9.17) is 6.42 Å². The highest BCUT2D eigenvalue weighted by molar-refractivity contribution is 4.98. The first-order chi connectivity index (χ1) is 5.80. The molecule has 0 heterocycles. The van der Waals surface area contributed by atoms with Crippen molar-refractivity contribution in [1.29, 1.82) is 0 Å². The van der Waals surface area contributed by atoms with E-state index in [9.17, 15) is 0 Å². The van der Waals surface area contributed by atoms with Gasteiger partial charge >= 0.3 is 0 Å². The first kappa shape index (κ1) is 9.61. The van der Waals surface area contributed by atoms with Crippen molar-refractivity contribution in [3.63, 3.8) is 0 Å². The lowest BCUT2D eigenvalue weighted by molar-refractivity contribution is 0.251. The van der Waals surface area contributed by atoms with Gasteiger partial charge in [0.05, 0.1) is 0 Å². The van der Waals surface area contributed by atoms with Crippen molar-refractivity contribution < 1.29 is 0 Å². The molecule has 12 heavy (non-hydrogen) atoms. The van der Waals surface area contributed by atoms with Crippen LogP contribution >= 0.6 is 0 Å². The lowest BCUT2D eigenvalue weighted by Gasteiger charge is -2.31. The van der Waals surface area contributed by atoms with Gasteiger partial charge in [-0.15, -0.1) is 12.3 Å². The fourth-order valence-electron chi connectivity index (χ4n) is 2.14. The molecule has 1 N–H and O–H groups in total. The van der Waals surface area contributed by atoms with Gasteiger partial charge in [-0.25, -0.2) is 0 Å². The van der Waals surface area contributed by atoms with Crippen LogP contribution in [0.3, 0.4) is 0 Å². The van der Waals surface area contributed by atoms with E-state index in [0.29, 0.717) is 12.0 Å². The highest BCUT2D eigenvalue weighted by atomic mass is 14.9. The van der Waals surface area contributed by atoms with E-state index in [1.165, 1.54) is 25.7 Å². The highest BCUT2D eigenvalue weighted by Crippen LogP contribution is 2.30. The van der Waals surface area contributed by atoms with Gasteiger partial charge < -0.3 is 5.32 Å². The second kappa shape index (κ2) is 4.52. The summed E-state index contributed by atoms with van der Waals surface area (Å²) in [6.45, 7) is 2.26. The standard InChI is InChI=1S/C11H19N/c1-4-9-6-10(5-2)8-11(7-9)12-3/h1,9-12H,5-8H2,2-3H3/t9-,10?,11?/m0/s1. The number of hydrogen-bond donors (Lipinski definition) is 1. The monoisotopic (exact) mass is 165 g/mol. The average molecular weight is 165 g/mol. The molecule has 1 saturated carbocycles. The molecule has 1 nitrogen and oxygen atoms in total. The Hall–Kier alpha value is -0.480. The first-order valence-corrected chi connectivity index (χ1v) is 4.93. The molecular formula is C11H19N. The Morgan fingerprint density at radius 3 is 2.67 bits per heavy atom. The third kappa shape index (κ3) is 2.25. The maximum atomic E-state index is 5.46. The predicted molar refractivity (Wildman–Crippen MR) is 52.8 cm³/mol. The summed E-state index contributed by atoms with van der Waals surface area (Å²) in [4.78, 5) is 0. The Labute approximate surface area is 75.9 Å². The van der Waals surface area contributed by atoms with Crippen LogP contribution in [0.2, 0.25) is 0 Å². The summed E-state index contributed by atoms with van der Waals surface area (Å²) in [7, 11) is 2.04. The zero-order valence-corrected chi connectivity index (χ0v) is 8.14. The minimum absolute atomic E-state index is 0.515. The van der Waals surface area contributed by atoms with Crippen molar-refractivity contribution in [2.45, 2.75) is 38.6 Å². The molecule has 1 aliphatic rings. The largest absolute Gasteiger partial charge is 0.317 e. The van der Waals surface area contributed by atoms with Gasteiger partial charge in [-0.3, -0.25) is 0 Å². The van der Waals surface area contributed by atoms with Crippen molar-refractivity contribution in [1.82, 2.24) is 5.32 Å². The predicted octanol–water partition coefficient (Wildman–Crippen LogP) is 2.03. The Morgan fingerprint density at radius 2 is 2.17 bits per heavy atom. The Balaban J connectivity index is 2.47. The second-order valence-corrected chi connectivity index (χ2v) is 3.83. The number of terminal acetylenes is 1. The molecule has 0 radical (unpaired) electrons. The van der Waals surface area contributed by atoms with Crippen molar-refractivity contribution >= 4 is 0 Å². The van der Waals surface area contributed by atoms with Crippen molar-refractivity contribution in [3.8, 4) is 12.3 Å². The number of rotatable bonds is 2. The molecule has 2 unspecified atom stereocenters. The maximum absolute atomic E-state index is 5.46. The molecular weight excluding hydrogens is 146 g/mol. The number of nitrogens with one attached hydrogen (secondary N) is 1. The van der Waals surface area contributed by atoms with Crippen LogP contribution in [0.5, 0.6) is 0 Å².